The fourth-order valence-electron chi connectivity index (χ4n) is 4.42. The maximum absolute atomic E-state index is 15.5. The average molecular weight is 509 g/mol. The van der Waals surface area contributed by atoms with Crippen LogP contribution in [0.4, 0.5) is 18.2 Å². The van der Waals surface area contributed by atoms with Gasteiger partial charge in [0.05, 0.1) is 23.4 Å². The topological polar surface area (TPSA) is 92.7 Å². The summed E-state index contributed by atoms with van der Waals surface area (Å²) >= 11 is 1.15. The van der Waals surface area contributed by atoms with Gasteiger partial charge in [0, 0.05) is 53.3 Å². The second-order valence-corrected chi connectivity index (χ2v) is 10.2. The quantitative estimate of drug-likeness (QED) is 0.467. The number of aliphatic hydroxyl groups excluding tert-OH is 2. The van der Waals surface area contributed by atoms with Crippen molar-refractivity contribution in [3.63, 3.8) is 0 Å². The molecule has 1 aromatic carbocycles. The van der Waals surface area contributed by atoms with Crippen molar-refractivity contribution in [3.05, 3.63) is 56.5 Å². The molecule has 7 nitrogen and oxygen atoms in total. The molecule has 3 N–H and O–H groups in total. The lowest BCUT2D eigenvalue weighted by atomic mass is 9.93. The van der Waals surface area contributed by atoms with E-state index in [9.17, 15) is 19.4 Å². The summed E-state index contributed by atoms with van der Waals surface area (Å²) < 4.78 is 44.9. The number of H-pyrrole nitrogens is 1. The fraction of sp³-hybridized carbons (Fsp3) is 0.417. The highest BCUT2D eigenvalue weighted by molar-refractivity contribution is 7.17. The Labute approximate surface area is 204 Å². The number of nitrogens with one attached hydrogen (secondary N) is 1. The number of aromatic amines is 1. The van der Waals surface area contributed by atoms with E-state index in [0.717, 1.165) is 27.5 Å². The number of hydrogen-bond donors (Lipinski definition) is 3. The summed E-state index contributed by atoms with van der Waals surface area (Å²) in [6.45, 7) is 6.91. The summed E-state index contributed by atoms with van der Waals surface area (Å²) in [4.78, 5) is 16.6. The minimum absolute atomic E-state index is 0.00722. The summed E-state index contributed by atoms with van der Waals surface area (Å²) in [6.07, 6.45) is -1.06. The van der Waals surface area contributed by atoms with Crippen molar-refractivity contribution < 1.29 is 28.2 Å². The molecule has 1 aliphatic rings. The molecule has 3 aromatic rings. The van der Waals surface area contributed by atoms with E-state index in [4.69, 9.17) is 0 Å². The van der Waals surface area contributed by atoms with Crippen LogP contribution in [0.15, 0.2) is 6.07 Å². The molecule has 0 fully saturated rings. The predicted octanol–water partition coefficient (Wildman–Crippen LogP) is 4.08. The molecule has 0 aliphatic carbocycles. The first kappa shape index (κ1) is 25.2. The van der Waals surface area contributed by atoms with E-state index in [1.165, 1.54) is 7.05 Å². The van der Waals surface area contributed by atoms with Gasteiger partial charge in [-0.1, -0.05) is 13.8 Å². The lowest BCUT2D eigenvalue weighted by molar-refractivity contribution is 0.0133. The number of aromatic nitrogens is 2. The van der Waals surface area contributed by atoms with Crippen LogP contribution >= 0.6 is 11.3 Å². The van der Waals surface area contributed by atoms with Crippen LogP contribution in [-0.4, -0.2) is 51.2 Å². The fourth-order valence-corrected chi connectivity index (χ4v) is 5.75. The molecule has 1 aliphatic heterocycles. The predicted molar refractivity (Wildman–Crippen MR) is 127 cm³/mol. The van der Waals surface area contributed by atoms with Crippen molar-refractivity contribution in [2.45, 2.75) is 47.1 Å². The summed E-state index contributed by atoms with van der Waals surface area (Å²) in [7, 11) is 1.41. The van der Waals surface area contributed by atoms with Gasteiger partial charge in [-0.2, -0.15) is 5.10 Å². The Morgan fingerprint density at radius 1 is 1.14 bits per heavy atom. The highest BCUT2D eigenvalue weighted by Crippen LogP contribution is 2.48. The second kappa shape index (κ2) is 9.29. The lowest BCUT2D eigenvalue weighted by Crippen LogP contribution is -2.54. The first-order chi connectivity index (χ1) is 16.5. The highest BCUT2D eigenvalue weighted by Gasteiger charge is 2.41. The van der Waals surface area contributed by atoms with Crippen LogP contribution < -0.4 is 4.90 Å². The van der Waals surface area contributed by atoms with Gasteiger partial charge < -0.3 is 15.1 Å². The van der Waals surface area contributed by atoms with Crippen molar-refractivity contribution in [2.75, 3.05) is 18.5 Å². The van der Waals surface area contributed by atoms with E-state index < -0.39 is 47.4 Å². The third kappa shape index (κ3) is 4.11. The van der Waals surface area contributed by atoms with Crippen LogP contribution in [0.2, 0.25) is 0 Å². The number of amides is 1. The standard InChI is InChI=1S/C24H27F3N4O3S/c1-10(2)8-31-23-20(22(33)30(5)24(31)34)19(17(35-23)6-13-11(3)28-29-12(13)4)18-16(26)7-15(25)14(9-32)21(18)27/h7,10,24,32,34H,6,8-9H2,1-5H3,(H,28,29). The van der Waals surface area contributed by atoms with Crippen molar-refractivity contribution in [1.82, 2.24) is 15.1 Å². The minimum atomic E-state index is -1.26. The normalized spacial score (nSPS) is 16.0. The number of nitrogens with zero attached hydrogens (tertiary/aromatic N) is 3. The number of aliphatic hydroxyl groups is 2. The number of benzene rings is 1. The molecule has 0 saturated carbocycles. The summed E-state index contributed by atoms with van der Waals surface area (Å²) in [5.41, 5.74) is 1.02. The number of fused-ring (bicyclic) bond motifs is 1. The average Bonchev–Trinajstić information content (AvgIpc) is 3.30. The molecule has 1 unspecified atom stereocenters. The molecule has 2 aromatic heterocycles. The molecular formula is C24H27F3N4O3S. The number of carbonyl (C=O) groups excluding carboxylic acids is 1. The summed E-state index contributed by atoms with van der Waals surface area (Å²) in [6, 6.07) is 0.518. The molecule has 0 spiro atoms. The minimum Gasteiger partial charge on any atom is -0.391 e. The Balaban J connectivity index is 2.07. The number of halogens is 3. The molecule has 3 heterocycles. The number of rotatable bonds is 6. The van der Waals surface area contributed by atoms with Gasteiger partial charge in [0.2, 0.25) is 6.35 Å². The largest absolute Gasteiger partial charge is 0.391 e. The number of aryl methyl sites for hydroxylation is 2. The van der Waals surface area contributed by atoms with Gasteiger partial charge in [-0.15, -0.1) is 11.3 Å². The Morgan fingerprint density at radius 2 is 1.83 bits per heavy atom. The monoisotopic (exact) mass is 508 g/mol. The number of anilines is 1. The second-order valence-electron chi connectivity index (χ2n) is 9.14. The molecule has 35 heavy (non-hydrogen) atoms. The number of thiophene rings is 1. The van der Waals surface area contributed by atoms with Crippen LogP contribution in [0.3, 0.4) is 0 Å². The molecule has 0 saturated heterocycles. The lowest BCUT2D eigenvalue weighted by Gasteiger charge is -2.40. The van der Waals surface area contributed by atoms with E-state index in [1.807, 2.05) is 20.8 Å². The van der Waals surface area contributed by atoms with Gasteiger partial charge in [0.15, 0.2) is 0 Å². The van der Waals surface area contributed by atoms with E-state index in [2.05, 4.69) is 10.2 Å². The molecule has 11 heteroatoms. The summed E-state index contributed by atoms with van der Waals surface area (Å²) in [5.74, 6) is -4.16. The van der Waals surface area contributed by atoms with Gasteiger partial charge in [0.25, 0.3) is 5.91 Å². The van der Waals surface area contributed by atoms with Crippen molar-refractivity contribution >= 4 is 22.2 Å². The first-order valence-electron chi connectivity index (χ1n) is 11.1. The highest BCUT2D eigenvalue weighted by atomic mass is 32.1. The van der Waals surface area contributed by atoms with Gasteiger partial charge in [-0.25, -0.2) is 13.2 Å². The van der Waals surface area contributed by atoms with Crippen molar-refractivity contribution in [3.8, 4) is 11.1 Å². The number of hydrogen-bond acceptors (Lipinski definition) is 6. The Morgan fingerprint density at radius 3 is 2.40 bits per heavy atom. The summed E-state index contributed by atoms with van der Waals surface area (Å²) in [5, 5.41) is 27.8. The van der Waals surface area contributed by atoms with Gasteiger partial charge >= 0.3 is 0 Å². The maximum atomic E-state index is 15.5. The van der Waals surface area contributed by atoms with Crippen LogP contribution in [0.25, 0.3) is 11.1 Å². The number of carbonyl (C=O) groups is 1. The molecule has 4 rings (SSSR count). The van der Waals surface area contributed by atoms with Gasteiger partial charge in [0.1, 0.15) is 22.5 Å². The van der Waals surface area contributed by atoms with Crippen molar-refractivity contribution in [1.29, 1.82) is 0 Å². The van der Waals surface area contributed by atoms with Gasteiger partial charge in [-0.3, -0.25) is 14.8 Å². The molecule has 1 amide bonds. The van der Waals surface area contributed by atoms with Gasteiger partial charge in [-0.05, 0) is 19.8 Å². The SMILES string of the molecule is Cc1n[nH]c(C)c1Cc1sc2c(c1-c1c(F)cc(F)c(CO)c1F)C(=O)N(C)C(O)N2CC(C)C. The smallest absolute Gasteiger partial charge is 0.260 e. The van der Waals surface area contributed by atoms with Crippen LogP contribution in [0, 0.1) is 37.2 Å². The van der Waals surface area contributed by atoms with E-state index in [0.29, 0.717) is 28.2 Å². The third-order valence-corrected chi connectivity index (χ3v) is 7.46. The third-order valence-electron chi connectivity index (χ3n) is 6.24. The van der Waals surface area contributed by atoms with E-state index >= 15 is 8.78 Å². The molecule has 0 bridgehead atoms. The Kier molecular flexibility index (Phi) is 6.69. The van der Waals surface area contributed by atoms with E-state index in [1.54, 1.807) is 11.8 Å². The zero-order valence-electron chi connectivity index (χ0n) is 20.0. The molecular weight excluding hydrogens is 481 g/mol. The van der Waals surface area contributed by atoms with E-state index in [-0.39, 0.29) is 23.5 Å². The van der Waals surface area contributed by atoms with Crippen LogP contribution in [0.1, 0.15) is 51.6 Å². The zero-order chi connectivity index (χ0) is 25.8. The van der Waals surface area contributed by atoms with Crippen molar-refractivity contribution in [2.24, 2.45) is 5.92 Å². The van der Waals surface area contributed by atoms with Crippen LogP contribution in [0.5, 0.6) is 0 Å². The molecule has 1 atom stereocenters. The Bertz CT molecular complexity index is 1280. The molecule has 188 valence electrons. The van der Waals surface area contributed by atoms with Crippen LogP contribution in [-0.2, 0) is 13.0 Å². The molecule has 0 radical (unpaired) electrons. The Hall–Kier alpha value is -2.89. The first-order valence-corrected chi connectivity index (χ1v) is 11.9. The maximum Gasteiger partial charge on any atom is 0.260 e. The zero-order valence-corrected chi connectivity index (χ0v) is 20.9.